The minimum atomic E-state index is 0.00997. The van der Waals surface area contributed by atoms with Crippen LogP contribution >= 0.6 is 0 Å². The summed E-state index contributed by atoms with van der Waals surface area (Å²) in [5.74, 6) is 0. The zero-order valence-corrected chi connectivity index (χ0v) is 10.3. The van der Waals surface area contributed by atoms with Crippen LogP contribution in [-0.2, 0) is 4.74 Å². The van der Waals surface area contributed by atoms with Crippen molar-refractivity contribution in [3.05, 3.63) is 12.2 Å². The lowest BCUT2D eigenvalue weighted by atomic mass is 10.2. The molecule has 0 aromatic rings. The Balaban J connectivity index is 3.19. The molecule has 1 nitrogen and oxygen atoms in total. The van der Waals surface area contributed by atoms with Gasteiger partial charge in [-0.05, 0) is 40.0 Å². The third-order valence-electron chi connectivity index (χ3n) is 1.96. The first-order chi connectivity index (χ1) is 6.56. The third-order valence-corrected chi connectivity index (χ3v) is 1.96. The van der Waals surface area contributed by atoms with Gasteiger partial charge in [-0.1, -0.05) is 31.9 Å². The summed E-state index contributed by atoms with van der Waals surface area (Å²) in [5, 5.41) is 0. The molecule has 0 atom stereocenters. The molecule has 0 saturated heterocycles. The molecule has 0 radical (unpaired) electrons. The molecule has 0 bridgehead atoms. The number of hydrogen-bond donors (Lipinski definition) is 0. The molecule has 0 fully saturated rings. The number of ether oxygens (including phenoxy) is 1. The van der Waals surface area contributed by atoms with Crippen LogP contribution in [0.15, 0.2) is 12.2 Å². The third kappa shape index (κ3) is 11.7. The minimum absolute atomic E-state index is 0.00997. The maximum atomic E-state index is 5.61. The first-order valence-corrected chi connectivity index (χ1v) is 5.85. The number of rotatable bonds is 7. The van der Waals surface area contributed by atoms with Crippen LogP contribution in [0.4, 0.5) is 0 Å². The van der Waals surface area contributed by atoms with Crippen molar-refractivity contribution in [2.24, 2.45) is 0 Å². The summed E-state index contributed by atoms with van der Waals surface area (Å²) in [4.78, 5) is 0. The normalized spacial score (nSPS) is 12.6. The fourth-order valence-electron chi connectivity index (χ4n) is 1.18. The standard InChI is InChI=1S/C13H26O/c1-5-6-7-8-9-10-11-12-14-13(2,3)4/h9-10H,5-8,11-12H2,1-4H3/b10-9-. The van der Waals surface area contributed by atoms with Crippen molar-refractivity contribution in [1.29, 1.82) is 0 Å². The van der Waals surface area contributed by atoms with Crippen LogP contribution < -0.4 is 0 Å². The predicted octanol–water partition coefficient (Wildman–Crippen LogP) is 4.33. The second-order valence-electron chi connectivity index (χ2n) is 4.72. The van der Waals surface area contributed by atoms with Crippen molar-refractivity contribution in [2.75, 3.05) is 6.61 Å². The molecule has 14 heavy (non-hydrogen) atoms. The molecule has 0 heterocycles. The average Bonchev–Trinajstić information content (AvgIpc) is 2.08. The maximum Gasteiger partial charge on any atom is 0.0598 e. The Bertz CT molecular complexity index is 142. The quantitative estimate of drug-likeness (QED) is 0.437. The second-order valence-corrected chi connectivity index (χ2v) is 4.72. The number of allylic oxidation sites excluding steroid dienone is 1. The van der Waals surface area contributed by atoms with Crippen molar-refractivity contribution in [3.63, 3.8) is 0 Å². The van der Waals surface area contributed by atoms with E-state index in [1.807, 2.05) is 0 Å². The van der Waals surface area contributed by atoms with E-state index in [1.54, 1.807) is 0 Å². The summed E-state index contributed by atoms with van der Waals surface area (Å²) >= 11 is 0. The van der Waals surface area contributed by atoms with Gasteiger partial charge < -0.3 is 4.74 Å². The lowest BCUT2D eigenvalue weighted by molar-refractivity contribution is -0.000124. The summed E-state index contributed by atoms with van der Waals surface area (Å²) in [6.07, 6.45) is 10.8. The van der Waals surface area contributed by atoms with Crippen molar-refractivity contribution in [1.82, 2.24) is 0 Å². The van der Waals surface area contributed by atoms with E-state index < -0.39 is 0 Å². The van der Waals surface area contributed by atoms with E-state index in [0.29, 0.717) is 0 Å². The van der Waals surface area contributed by atoms with Crippen LogP contribution in [0.25, 0.3) is 0 Å². The van der Waals surface area contributed by atoms with E-state index in [-0.39, 0.29) is 5.60 Å². The number of unbranched alkanes of at least 4 members (excludes halogenated alkanes) is 3. The van der Waals surface area contributed by atoms with Gasteiger partial charge in [0.25, 0.3) is 0 Å². The van der Waals surface area contributed by atoms with Crippen molar-refractivity contribution in [3.8, 4) is 0 Å². The Morgan fingerprint density at radius 3 is 2.21 bits per heavy atom. The molecule has 0 N–H and O–H groups in total. The molecule has 0 aromatic heterocycles. The Kier molecular flexibility index (Phi) is 7.87. The fraction of sp³-hybridized carbons (Fsp3) is 0.846. The minimum Gasteiger partial charge on any atom is -0.376 e. The summed E-state index contributed by atoms with van der Waals surface area (Å²) in [7, 11) is 0. The Hall–Kier alpha value is -0.300. The molecule has 84 valence electrons. The highest BCUT2D eigenvalue weighted by atomic mass is 16.5. The van der Waals surface area contributed by atoms with Crippen molar-refractivity contribution >= 4 is 0 Å². The largest absolute Gasteiger partial charge is 0.376 e. The van der Waals surface area contributed by atoms with Gasteiger partial charge in [-0.15, -0.1) is 0 Å². The molecule has 0 aromatic carbocycles. The van der Waals surface area contributed by atoms with Gasteiger partial charge in [-0.3, -0.25) is 0 Å². The highest BCUT2D eigenvalue weighted by molar-refractivity contribution is 4.81. The zero-order chi connectivity index (χ0) is 10.9. The lowest BCUT2D eigenvalue weighted by Gasteiger charge is -2.18. The van der Waals surface area contributed by atoms with Crippen molar-refractivity contribution in [2.45, 2.75) is 65.4 Å². The summed E-state index contributed by atoms with van der Waals surface area (Å²) in [6.45, 7) is 9.36. The van der Waals surface area contributed by atoms with Gasteiger partial charge in [0.15, 0.2) is 0 Å². The highest BCUT2D eigenvalue weighted by Gasteiger charge is 2.07. The van der Waals surface area contributed by atoms with Gasteiger partial charge in [0, 0.05) is 0 Å². The molecule has 1 heteroatoms. The van der Waals surface area contributed by atoms with E-state index in [4.69, 9.17) is 4.74 Å². The van der Waals surface area contributed by atoms with Gasteiger partial charge in [0.1, 0.15) is 0 Å². The Labute approximate surface area is 89.5 Å². The molecule has 0 aliphatic carbocycles. The lowest BCUT2D eigenvalue weighted by Crippen LogP contribution is -2.19. The molecule has 0 rings (SSSR count). The molecule has 0 spiro atoms. The molecule has 0 amide bonds. The monoisotopic (exact) mass is 198 g/mol. The number of hydrogen-bond acceptors (Lipinski definition) is 1. The average molecular weight is 198 g/mol. The van der Waals surface area contributed by atoms with Gasteiger partial charge in [-0.25, -0.2) is 0 Å². The van der Waals surface area contributed by atoms with Crippen LogP contribution in [0.2, 0.25) is 0 Å². The van der Waals surface area contributed by atoms with Crippen LogP contribution in [0.5, 0.6) is 0 Å². The first-order valence-electron chi connectivity index (χ1n) is 5.85. The second kappa shape index (κ2) is 8.05. The first kappa shape index (κ1) is 13.7. The van der Waals surface area contributed by atoms with E-state index in [2.05, 4.69) is 39.8 Å². The molecule has 0 unspecified atom stereocenters. The van der Waals surface area contributed by atoms with Gasteiger partial charge in [-0.2, -0.15) is 0 Å². The highest BCUT2D eigenvalue weighted by Crippen LogP contribution is 2.07. The fourth-order valence-corrected chi connectivity index (χ4v) is 1.18. The summed E-state index contributed by atoms with van der Waals surface area (Å²) in [6, 6.07) is 0. The summed E-state index contributed by atoms with van der Waals surface area (Å²) < 4.78 is 5.61. The zero-order valence-electron chi connectivity index (χ0n) is 10.3. The molecule has 0 saturated carbocycles. The topological polar surface area (TPSA) is 9.23 Å². The van der Waals surface area contributed by atoms with Crippen molar-refractivity contribution < 1.29 is 4.74 Å². The summed E-state index contributed by atoms with van der Waals surface area (Å²) in [5.41, 5.74) is 0.00997. The molecular formula is C13H26O. The maximum absolute atomic E-state index is 5.61. The van der Waals surface area contributed by atoms with Crippen LogP contribution in [-0.4, -0.2) is 12.2 Å². The van der Waals surface area contributed by atoms with Gasteiger partial charge in [0.05, 0.1) is 12.2 Å². The molecule has 0 aliphatic heterocycles. The van der Waals surface area contributed by atoms with Crippen LogP contribution in [0.3, 0.4) is 0 Å². The van der Waals surface area contributed by atoms with Crippen LogP contribution in [0.1, 0.15) is 59.8 Å². The SMILES string of the molecule is CCCCC/C=C\CCOC(C)(C)C. The van der Waals surface area contributed by atoms with Gasteiger partial charge in [0.2, 0.25) is 0 Å². The smallest absolute Gasteiger partial charge is 0.0598 e. The molecule has 0 aliphatic rings. The van der Waals surface area contributed by atoms with E-state index in [1.165, 1.54) is 25.7 Å². The Morgan fingerprint density at radius 1 is 1.00 bits per heavy atom. The van der Waals surface area contributed by atoms with E-state index in [0.717, 1.165) is 13.0 Å². The molecular weight excluding hydrogens is 172 g/mol. The van der Waals surface area contributed by atoms with E-state index in [9.17, 15) is 0 Å². The predicted molar refractivity (Wildman–Crippen MR) is 63.6 cm³/mol. The van der Waals surface area contributed by atoms with Gasteiger partial charge >= 0.3 is 0 Å². The Morgan fingerprint density at radius 2 is 1.64 bits per heavy atom. The van der Waals surface area contributed by atoms with E-state index >= 15 is 0 Å². The van der Waals surface area contributed by atoms with Crippen LogP contribution in [0, 0.1) is 0 Å².